The first-order valence-corrected chi connectivity index (χ1v) is 9.63. The van der Waals surface area contributed by atoms with E-state index >= 15 is 0 Å². The van der Waals surface area contributed by atoms with Gasteiger partial charge in [0.15, 0.2) is 9.84 Å². The number of nitrogens with one attached hydrogen (secondary N) is 1. The van der Waals surface area contributed by atoms with Crippen LogP contribution in [0.5, 0.6) is 0 Å². The Kier molecular flexibility index (Phi) is 4.39. The molecule has 2 heterocycles. The first-order valence-electron chi connectivity index (χ1n) is 7.81. The maximum atomic E-state index is 12.3. The minimum absolute atomic E-state index is 0.0146. The van der Waals surface area contributed by atoms with E-state index in [0.717, 1.165) is 18.5 Å². The summed E-state index contributed by atoms with van der Waals surface area (Å²) < 4.78 is 22.9. The molecule has 2 aliphatic heterocycles. The standard InChI is InChI=1S/C16H20N2O4S/c19-15-5-2-7-18(15)10-12-3-1-4-13(9-12)16(20)17-14-6-8-23(21,22)11-14/h1,3-4,9,14H,2,5-8,10-11H2,(H,17,20). The second-order valence-corrected chi connectivity index (χ2v) is 8.42. The predicted octanol–water partition coefficient (Wildman–Crippen LogP) is 0.726. The number of sulfone groups is 1. The fourth-order valence-corrected chi connectivity index (χ4v) is 4.75. The minimum atomic E-state index is -3.01. The summed E-state index contributed by atoms with van der Waals surface area (Å²) in [5.41, 5.74) is 1.41. The van der Waals surface area contributed by atoms with Crippen molar-refractivity contribution < 1.29 is 18.0 Å². The predicted molar refractivity (Wildman–Crippen MR) is 85.6 cm³/mol. The van der Waals surface area contributed by atoms with Crippen LogP contribution in [0.3, 0.4) is 0 Å². The summed E-state index contributed by atoms with van der Waals surface area (Å²) in [6.07, 6.45) is 1.95. The van der Waals surface area contributed by atoms with Crippen molar-refractivity contribution in [2.75, 3.05) is 18.1 Å². The van der Waals surface area contributed by atoms with Crippen LogP contribution < -0.4 is 5.32 Å². The molecule has 2 amide bonds. The molecule has 1 atom stereocenters. The van der Waals surface area contributed by atoms with Crippen molar-refractivity contribution in [2.45, 2.75) is 31.8 Å². The lowest BCUT2D eigenvalue weighted by molar-refractivity contribution is -0.128. The summed E-state index contributed by atoms with van der Waals surface area (Å²) in [5.74, 6) is 0.0354. The van der Waals surface area contributed by atoms with Crippen molar-refractivity contribution in [3.05, 3.63) is 35.4 Å². The molecule has 23 heavy (non-hydrogen) atoms. The minimum Gasteiger partial charge on any atom is -0.348 e. The van der Waals surface area contributed by atoms with Crippen LogP contribution in [0.15, 0.2) is 24.3 Å². The Balaban J connectivity index is 1.64. The summed E-state index contributed by atoms with van der Waals surface area (Å²) in [5, 5.41) is 2.78. The van der Waals surface area contributed by atoms with E-state index in [9.17, 15) is 18.0 Å². The Morgan fingerprint density at radius 2 is 2.17 bits per heavy atom. The molecule has 0 aromatic heterocycles. The molecule has 6 nitrogen and oxygen atoms in total. The van der Waals surface area contributed by atoms with Gasteiger partial charge >= 0.3 is 0 Å². The van der Waals surface area contributed by atoms with Gasteiger partial charge in [0.05, 0.1) is 11.5 Å². The highest BCUT2D eigenvalue weighted by Crippen LogP contribution is 2.16. The maximum Gasteiger partial charge on any atom is 0.251 e. The van der Waals surface area contributed by atoms with Crippen LogP contribution in [0.1, 0.15) is 35.2 Å². The van der Waals surface area contributed by atoms with E-state index < -0.39 is 9.84 Å². The lowest BCUT2D eigenvalue weighted by Crippen LogP contribution is -2.35. The number of nitrogens with zero attached hydrogens (tertiary/aromatic N) is 1. The molecule has 0 spiro atoms. The SMILES string of the molecule is O=C(NC1CCS(=O)(=O)C1)c1cccc(CN2CCCC2=O)c1. The molecule has 0 bridgehead atoms. The molecule has 1 aromatic rings. The highest BCUT2D eigenvalue weighted by molar-refractivity contribution is 7.91. The highest BCUT2D eigenvalue weighted by Gasteiger charge is 2.29. The van der Waals surface area contributed by atoms with Crippen molar-refractivity contribution in [3.63, 3.8) is 0 Å². The monoisotopic (exact) mass is 336 g/mol. The molecule has 1 aromatic carbocycles. The third-order valence-corrected chi connectivity index (χ3v) is 6.07. The molecular weight excluding hydrogens is 316 g/mol. The Labute approximate surface area is 135 Å². The third kappa shape index (κ3) is 3.90. The molecule has 1 unspecified atom stereocenters. The summed E-state index contributed by atoms with van der Waals surface area (Å²) >= 11 is 0. The van der Waals surface area contributed by atoms with Gasteiger partial charge in [0.25, 0.3) is 5.91 Å². The normalized spacial score (nSPS) is 23.2. The van der Waals surface area contributed by atoms with Crippen LogP contribution in [-0.4, -0.2) is 49.2 Å². The van der Waals surface area contributed by atoms with Gasteiger partial charge in [-0.15, -0.1) is 0 Å². The van der Waals surface area contributed by atoms with Crippen LogP contribution >= 0.6 is 0 Å². The number of amides is 2. The van der Waals surface area contributed by atoms with Crippen molar-refractivity contribution in [1.29, 1.82) is 0 Å². The third-order valence-electron chi connectivity index (χ3n) is 4.30. The molecule has 2 saturated heterocycles. The molecule has 124 valence electrons. The molecule has 2 aliphatic rings. The van der Waals surface area contributed by atoms with Crippen LogP contribution in [0, 0.1) is 0 Å². The fraction of sp³-hybridized carbons (Fsp3) is 0.500. The van der Waals surface area contributed by atoms with E-state index in [1.165, 1.54) is 0 Å². The van der Waals surface area contributed by atoms with Gasteiger partial charge in [0, 0.05) is 31.1 Å². The Hall–Kier alpha value is -1.89. The van der Waals surface area contributed by atoms with E-state index in [-0.39, 0.29) is 29.4 Å². The largest absolute Gasteiger partial charge is 0.348 e. The van der Waals surface area contributed by atoms with Crippen LogP contribution in [-0.2, 0) is 21.2 Å². The lowest BCUT2D eigenvalue weighted by atomic mass is 10.1. The summed E-state index contributed by atoms with van der Waals surface area (Å²) in [4.78, 5) is 25.7. The Morgan fingerprint density at radius 3 is 2.83 bits per heavy atom. The van der Waals surface area contributed by atoms with Crippen molar-refractivity contribution >= 4 is 21.7 Å². The first-order chi connectivity index (χ1) is 10.9. The number of hydrogen-bond acceptors (Lipinski definition) is 4. The smallest absolute Gasteiger partial charge is 0.251 e. The Morgan fingerprint density at radius 1 is 1.35 bits per heavy atom. The molecule has 1 N–H and O–H groups in total. The van der Waals surface area contributed by atoms with Gasteiger partial charge in [-0.3, -0.25) is 9.59 Å². The topological polar surface area (TPSA) is 83.6 Å². The first kappa shape index (κ1) is 16.0. The Bertz CT molecular complexity index is 729. The number of hydrogen-bond donors (Lipinski definition) is 1. The molecule has 3 rings (SSSR count). The molecule has 7 heteroatoms. The van der Waals surface area contributed by atoms with E-state index in [2.05, 4.69) is 5.32 Å². The fourth-order valence-electron chi connectivity index (χ4n) is 3.08. The second kappa shape index (κ2) is 6.31. The molecular formula is C16H20N2O4S. The molecule has 0 saturated carbocycles. The number of benzene rings is 1. The molecule has 0 radical (unpaired) electrons. The van der Waals surface area contributed by atoms with E-state index in [0.29, 0.717) is 24.9 Å². The van der Waals surface area contributed by atoms with Gasteiger partial charge in [-0.2, -0.15) is 0 Å². The lowest BCUT2D eigenvalue weighted by Gasteiger charge is -2.16. The second-order valence-electron chi connectivity index (χ2n) is 6.19. The van der Waals surface area contributed by atoms with Crippen LogP contribution in [0.25, 0.3) is 0 Å². The quantitative estimate of drug-likeness (QED) is 0.878. The van der Waals surface area contributed by atoms with Gasteiger partial charge in [0.1, 0.15) is 0 Å². The van der Waals surface area contributed by atoms with Gasteiger partial charge in [-0.25, -0.2) is 8.42 Å². The number of rotatable bonds is 4. The van der Waals surface area contributed by atoms with Crippen molar-refractivity contribution in [3.8, 4) is 0 Å². The van der Waals surface area contributed by atoms with Gasteiger partial charge < -0.3 is 10.2 Å². The van der Waals surface area contributed by atoms with Crippen molar-refractivity contribution in [1.82, 2.24) is 10.2 Å². The van der Waals surface area contributed by atoms with Crippen LogP contribution in [0.2, 0.25) is 0 Å². The zero-order chi connectivity index (χ0) is 16.4. The van der Waals surface area contributed by atoms with Crippen LogP contribution in [0.4, 0.5) is 0 Å². The number of carbonyl (C=O) groups excluding carboxylic acids is 2. The zero-order valence-electron chi connectivity index (χ0n) is 12.8. The summed E-state index contributed by atoms with van der Waals surface area (Å²) in [6, 6.07) is 6.84. The number of likely N-dealkylation sites (tertiary alicyclic amines) is 1. The highest BCUT2D eigenvalue weighted by atomic mass is 32.2. The summed E-state index contributed by atoms with van der Waals surface area (Å²) in [7, 11) is -3.01. The van der Waals surface area contributed by atoms with E-state index in [1.54, 1.807) is 23.1 Å². The zero-order valence-corrected chi connectivity index (χ0v) is 13.6. The van der Waals surface area contributed by atoms with E-state index in [4.69, 9.17) is 0 Å². The molecule has 0 aliphatic carbocycles. The van der Waals surface area contributed by atoms with Crippen molar-refractivity contribution in [2.24, 2.45) is 0 Å². The van der Waals surface area contributed by atoms with Gasteiger partial charge in [0.2, 0.25) is 5.91 Å². The maximum absolute atomic E-state index is 12.3. The average Bonchev–Trinajstić information content (AvgIpc) is 3.05. The molecule has 2 fully saturated rings. The average molecular weight is 336 g/mol. The number of carbonyl (C=O) groups is 2. The van der Waals surface area contributed by atoms with Gasteiger partial charge in [-0.1, -0.05) is 12.1 Å². The summed E-state index contributed by atoms with van der Waals surface area (Å²) in [6.45, 7) is 1.27. The van der Waals surface area contributed by atoms with Gasteiger partial charge in [-0.05, 0) is 30.5 Å². The van der Waals surface area contributed by atoms with E-state index in [1.807, 2.05) is 6.07 Å².